The van der Waals surface area contributed by atoms with Crippen LogP contribution in [-0.2, 0) is 0 Å². The van der Waals surface area contributed by atoms with Crippen molar-refractivity contribution >= 4 is 39.5 Å². The molecule has 0 saturated carbocycles. The number of nitrogens with two attached hydrogens (primary N) is 1. The van der Waals surface area contributed by atoms with Crippen molar-refractivity contribution in [1.29, 1.82) is 0 Å². The van der Waals surface area contributed by atoms with E-state index in [1.807, 2.05) is 66.9 Å². The van der Waals surface area contributed by atoms with Gasteiger partial charge in [-0.2, -0.15) is 0 Å². The van der Waals surface area contributed by atoms with Crippen LogP contribution in [0, 0.1) is 11.8 Å². The molecular weight excluding hydrogens is 510 g/mol. The number of rotatable bonds is 4. The second-order valence-electron chi connectivity index (χ2n) is 8.78. The third-order valence-corrected chi connectivity index (χ3v) is 6.87. The first-order chi connectivity index (χ1) is 19.0. The summed E-state index contributed by atoms with van der Waals surface area (Å²) in [5, 5.41) is 10.2. The number of thiazole rings is 1. The number of fused-ring (bicyclic) bond motifs is 2. The fraction of sp³-hybridized carbons (Fsp3) is 0.0690. The van der Waals surface area contributed by atoms with Crippen LogP contribution in [-0.4, -0.2) is 30.1 Å². The van der Waals surface area contributed by atoms with Gasteiger partial charge in [0.15, 0.2) is 11.5 Å². The largest absolute Gasteiger partial charge is 0.381 e. The number of hydrogen-bond donors (Lipinski definition) is 2. The zero-order valence-corrected chi connectivity index (χ0v) is 21.5. The van der Waals surface area contributed by atoms with E-state index in [1.165, 1.54) is 15.9 Å². The Kier molecular flexibility index (Phi) is 6.11. The van der Waals surface area contributed by atoms with Crippen LogP contribution in [0.5, 0.6) is 0 Å². The molecular formula is C29H21N7O2S. The molecule has 0 aliphatic rings. The van der Waals surface area contributed by atoms with Crippen LogP contribution in [0.25, 0.3) is 22.1 Å². The molecule has 1 atom stereocenters. The second-order valence-corrected chi connectivity index (χ2v) is 9.50. The summed E-state index contributed by atoms with van der Waals surface area (Å²) in [5.74, 6) is 5.78. The summed E-state index contributed by atoms with van der Waals surface area (Å²) in [5.41, 5.74) is 10.6. The lowest BCUT2D eigenvalue weighted by atomic mass is 10.0. The minimum Gasteiger partial charge on any atom is -0.381 e. The summed E-state index contributed by atoms with van der Waals surface area (Å²) in [7, 11) is 0. The molecule has 1 amide bonds. The molecule has 10 heteroatoms. The van der Waals surface area contributed by atoms with Crippen molar-refractivity contribution in [2.24, 2.45) is 0 Å². The van der Waals surface area contributed by atoms with Crippen molar-refractivity contribution in [3.63, 3.8) is 0 Å². The van der Waals surface area contributed by atoms with Crippen molar-refractivity contribution in [3.8, 4) is 17.5 Å². The van der Waals surface area contributed by atoms with E-state index in [-0.39, 0.29) is 16.9 Å². The normalized spacial score (nSPS) is 11.7. The summed E-state index contributed by atoms with van der Waals surface area (Å²) < 4.78 is 3.07. The van der Waals surface area contributed by atoms with E-state index in [0.717, 1.165) is 0 Å². The van der Waals surface area contributed by atoms with E-state index < -0.39 is 11.9 Å². The number of benzene rings is 2. The highest BCUT2D eigenvalue weighted by Crippen LogP contribution is 2.24. The number of nitrogens with one attached hydrogen (secondary N) is 1. The van der Waals surface area contributed by atoms with Gasteiger partial charge in [-0.05, 0) is 48.6 Å². The van der Waals surface area contributed by atoms with Gasteiger partial charge in [-0.1, -0.05) is 36.3 Å². The first-order valence-corrected chi connectivity index (χ1v) is 13.0. The number of aromatic nitrogens is 5. The highest BCUT2D eigenvalue weighted by atomic mass is 32.1. The van der Waals surface area contributed by atoms with Crippen LogP contribution in [0.4, 0.5) is 5.82 Å². The molecule has 3 N–H and O–H groups in total. The van der Waals surface area contributed by atoms with E-state index >= 15 is 0 Å². The Morgan fingerprint density at radius 2 is 1.92 bits per heavy atom. The lowest BCUT2D eigenvalue weighted by molar-refractivity contribution is 0.0941. The summed E-state index contributed by atoms with van der Waals surface area (Å²) >= 11 is 1.46. The van der Waals surface area contributed by atoms with Gasteiger partial charge in [0.05, 0.1) is 16.9 Å². The quantitative estimate of drug-likeness (QED) is 0.332. The fourth-order valence-corrected chi connectivity index (χ4v) is 5.00. The molecule has 0 aliphatic heterocycles. The van der Waals surface area contributed by atoms with Crippen LogP contribution in [0.2, 0.25) is 0 Å². The summed E-state index contributed by atoms with van der Waals surface area (Å²) in [4.78, 5) is 36.0. The van der Waals surface area contributed by atoms with Gasteiger partial charge in [0.25, 0.3) is 11.5 Å². The number of para-hydroxylation sites is 1. The predicted molar refractivity (Wildman–Crippen MR) is 151 cm³/mol. The van der Waals surface area contributed by atoms with Gasteiger partial charge >= 0.3 is 0 Å². The molecule has 0 fully saturated rings. The predicted octanol–water partition coefficient (Wildman–Crippen LogP) is 3.96. The summed E-state index contributed by atoms with van der Waals surface area (Å²) in [6.45, 7) is 1.82. The monoisotopic (exact) mass is 531 g/mol. The van der Waals surface area contributed by atoms with E-state index in [9.17, 15) is 9.59 Å². The number of pyridine rings is 1. The third kappa shape index (κ3) is 4.41. The Morgan fingerprint density at radius 1 is 1.08 bits per heavy atom. The Labute approximate surface area is 226 Å². The van der Waals surface area contributed by atoms with Crippen molar-refractivity contribution < 1.29 is 4.79 Å². The van der Waals surface area contributed by atoms with Crippen molar-refractivity contribution in [3.05, 3.63) is 117 Å². The van der Waals surface area contributed by atoms with Gasteiger partial charge in [-0.15, -0.1) is 16.4 Å². The van der Waals surface area contributed by atoms with Gasteiger partial charge < -0.3 is 11.1 Å². The molecule has 6 aromatic rings. The average Bonchev–Trinajstić information content (AvgIpc) is 3.59. The van der Waals surface area contributed by atoms with Crippen LogP contribution >= 0.6 is 11.3 Å². The van der Waals surface area contributed by atoms with Crippen molar-refractivity contribution in [1.82, 2.24) is 29.5 Å². The average molecular weight is 532 g/mol. The van der Waals surface area contributed by atoms with Gasteiger partial charge in [0.1, 0.15) is 11.3 Å². The number of anilines is 1. The van der Waals surface area contributed by atoms with Crippen LogP contribution in [0.1, 0.15) is 40.3 Å². The zero-order valence-electron chi connectivity index (χ0n) is 20.7. The molecule has 4 heterocycles. The highest BCUT2D eigenvalue weighted by Gasteiger charge is 2.23. The first kappa shape index (κ1) is 24.1. The number of carbonyl (C=O) groups excluding carboxylic acids is 1. The molecule has 0 saturated heterocycles. The fourth-order valence-electron chi connectivity index (χ4n) is 4.52. The standard InChI is InChI=1S/C29H21N7O2S/c1-18(33-28(37)25-26(30)34-35-14-6-13-31-27(25)35)23-15-20-8-5-7-19(11-12-21-16-39-17-32-21)24(20)29(38)36(23)22-9-3-2-4-10-22/h2-10,13-18H,1H3,(H2,30,34)(H,33,37). The number of nitrogen functional groups attached to an aromatic ring is 1. The smallest absolute Gasteiger partial charge is 0.264 e. The maximum atomic E-state index is 14.1. The maximum Gasteiger partial charge on any atom is 0.264 e. The van der Waals surface area contributed by atoms with Crippen molar-refractivity contribution in [2.45, 2.75) is 13.0 Å². The van der Waals surface area contributed by atoms with E-state index in [0.29, 0.717) is 39.1 Å². The number of amides is 1. The molecule has 1 unspecified atom stereocenters. The SMILES string of the molecule is CC(NC(=O)c1c(N)nn2cccnc12)c1cc2cccc(C#Cc3cscn3)c2c(=O)n1-c1ccccc1. The lowest BCUT2D eigenvalue weighted by Crippen LogP contribution is -2.32. The number of carbonyl (C=O) groups is 1. The third-order valence-electron chi connectivity index (χ3n) is 6.29. The molecule has 190 valence electrons. The number of nitrogens with zero attached hydrogens (tertiary/aromatic N) is 5. The van der Waals surface area contributed by atoms with E-state index in [2.05, 4.69) is 32.2 Å². The number of hydrogen-bond acceptors (Lipinski definition) is 7. The minimum absolute atomic E-state index is 0.0701. The van der Waals surface area contributed by atoms with E-state index in [4.69, 9.17) is 5.73 Å². The molecule has 6 rings (SSSR count). The molecule has 0 aliphatic carbocycles. The maximum absolute atomic E-state index is 14.1. The molecule has 4 aromatic heterocycles. The Balaban J connectivity index is 1.48. The molecule has 39 heavy (non-hydrogen) atoms. The van der Waals surface area contributed by atoms with Crippen LogP contribution < -0.4 is 16.6 Å². The molecule has 0 bridgehead atoms. The first-order valence-electron chi connectivity index (χ1n) is 12.1. The topological polar surface area (TPSA) is 120 Å². The second kappa shape index (κ2) is 9.89. The van der Waals surface area contributed by atoms with E-state index in [1.54, 1.807) is 28.5 Å². The lowest BCUT2D eigenvalue weighted by Gasteiger charge is -2.21. The minimum atomic E-state index is -0.572. The molecule has 0 spiro atoms. The van der Waals surface area contributed by atoms with Gasteiger partial charge in [0.2, 0.25) is 0 Å². The molecule has 0 radical (unpaired) electrons. The van der Waals surface area contributed by atoms with Crippen LogP contribution in [0.15, 0.2) is 88.7 Å². The summed E-state index contributed by atoms with van der Waals surface area (Å²) in [6.07, 6.45) is 3.24. The highest BCUT2D eigenvalue weighted by molar-refractivity contribution is 7.07. The van der Waals surface area contributed by atoms with Crippen LogP contribution in [0.3, 0.4) is 0 Å². The van der Waals surface area contributed by atoms with Gasteiger partial charge in [0, 0.05) is 34.7 Å². The van der Waals surface area contributed by atoms with Gasteiger partial charge in [-0.3, -0.25) is 14.2 Å². The zero-order chi connectivity index (χ0) is 26.9. The molecule has 2 aromatic carbocycles. The molecule has 9 nitrogen and oxygen atoms in total. The Hall–Kier alpha value is -5.27. The Morgan fingerprint density at radius 3 is 2.72 bits per heavy atom. The van der Waals surface area contributed by atoms with Crippen molar-refractivity contribution in [2.75, 3.05) is 5.73 Å². The Bertz CT molecular complexity index is 1970. The summed E-state index contributed by atoms with van der Waals surface area (Å²) in [6, 6.07) is 17.9. The van der Waals surface area contributed by atoms with Gasteiger partial charge in [-0.25, -0.2) is 14.5 Å².